The molecule has 0 amide bonds. The Balaban J connectivity index is 2.30. The SMILES string of the molecule is CCOc1nc(C)nc(NCc2ccncc2)c1[N+](=O)[O-]. The fraction of sp³-hybridized carbons (Fsp3) is 0.308. The number of aryl methyl sites for hydroxylation is 1. The molecule has 2 aromatic rings. The van der Waals surface area contributed by atoms with E-state index < -0.39 is 4.92 Å². The van der Waals surface area contributed by atoms with Gasteiger partial charge in [0.1, 0.15) is 5.82 Å². The van der Waals surface area contributed by atoms with E-state index in [2.05, 4.69) is 20.3 Å². The molecular weight excluding hydrogens is 274 g/mol. The van der Waals surface area contributed by atoms with Crippen molar-refractivity contribution in [1.29, 1.82) is 0 Å². The summed E-state index contributed by atoms with van der Waals surface area (Å²) in [5.74, 6) is 0.529. The van der Waals surface area contributed by atoms with Crippen LogP contribution in [0, 0.1) is 17.0 Å². The van der Waals surface area contributed by atoms with Gasteiger partial charge in [-0.05, 0) is 31.5 Å². The predicted molar refractivity (Wildman–Crippen MR) is 76.2 cm³/mol. The molecule has 110 valence electrons. The quantitative estimate of drug-likeness (QED) is 0.641. The third kappa shape index (κ3) is 3.62. The first-order valence-corrected chi connectivity index (χ1v) is 6.40. The van der Waals surface area contributed by atoms with Crippen LogP contribution in [-0.2, 0) is 6.54 Å². The number of nitrogens with one attached hydrogen (secondary N) is 1. The first-order valence-electron chi connectivity index (χ1n) is 6.40. The molecule has 2 rings (SSSR count). The number of hydrogen-bond donors (Lipinski definition) is 1. The number of ether oxygens (including phenoxy) is 1. The van der Waals surface area contributed by atoms with Crippen molar-refractivity contribution in [2.75, 3.05) is 11.9 Å². The fourth-order valence-electron chi connectivity index (χ4n) is 1.75. The highest BCUT2D eigenvalue weighted by atomic mass is 16.6. The van der Waals surface area contributed by atoms with Gasteiger partial charge in [0.25, 0.3) is 5.88 Å². The first kappa shape index (κ1) is 14.6. The number of aromatic nitrogens is 3. The molecule has 2 aromatic heterocycles. The summed E-state index contributed by atoms with van der Waals surface area (Å²) in [4.78, 5) is 22.7. The minimum atomic E-state index is -0.542. The van der Waals surface area contributed by atoms with E-state index in [1.165, 1.54) is 0 Å². The van der Waals surface area contributed by atoms with Crippen LogP contribution in [0.1, 0.15) is 18.3 Å². The standard InChI is InChI=1S/C13H15N5O3/c1-3-21-13-11(18(19)20)12(16-9(2)17-13)15-8-10-4-6-14-7-5-10/h4-7H,3,8H2,1-2H3,(H,15,16,17). The second-order valence-corrected chi connectivity index (χ2v) is 4.17. The molecule has 2 heterocycles. The van der Waals surface area contributed by atoms with Gasteiger partial charge in [0.05, 0.1) is 11.5 Å². The average Bonchev–Trinajstić information content (AvgIpc) is 2.45. The van der Waals surface area contributed by atoms with Gasteiger partial charge in [0, 0.05) is 18.9 Å². The topological polar surface area (TPSA) is 103 Å². The second kappa shape index (κ2) is 6.60. The number of nitrogens with zero attached hydrogens (tertiary/aromatic N) is 4. The molecule has 21 heavy (non-hydrogen) atoms. The summed E-state index contributed by atoms with van der Waals surface area (Å²) in [6.45, 7) is 4.08. The number of rotatable bonds is 6. The Bertz CT molecular complexity index is 633. The van der Waals surface area contributed by atoms with E-state index in [0.717, 1.165) is 5.56 Å². The van der Waals surface area contributed by atoms with E-state index in [0.29, 0.717) is 19.0 Å². The summed E-state index contributed by atoms with van der Waals surface area (Å²) in [6.07, 6.45) is 3.31. The van der Waals surface area contributed by atoms with Gasteiger partial charge in [-0.2, -0.15) is 4.98 Å². The summed E-state index contributed by atoms with van der Waals surface area (Å²) >= 11 is 0. The van der Waals surface area contributed by atoms with Crippen molar-refractivity contribution in [1.82, 2.24) is 15.0 Å². The Kier molecular flexibility index (Phi) is 4.60. The van der Waals surface area contributed by atoms with Gasteiger partial charge >= 0.3 is 5.69 Å². The molecule has 1 N–H and O–H groups in total. The maximum absolute atomic E-state index is 11.2. The summed E-state index contributed by atoms with van der Waals surface area (Å²) < 4.78 is 5.23. The molecule has 0 saturated heterocycles. The molecule has 0 aromatic carbocycles. The molecule has 8 heteroatoms. The van der Waals surface area contributed by atoms with Gasteiger partial charge in [0.2, 0.25) is 5.82 Å². The van der Waals surface area contributed by atoms with Crippen LogP contribution in [0.25, 0.3) is 0 Å². The molecule has 0 radical (unpaired) electrons. The normalized spacial score (nSPS) is 10.2. The lowest BCUT2D eigenvalue weighted by molar-refractivity contribution is -0.385. The molecular formula is C13H15N5O3. The molecule has 0 aliphatic rings. The van der Waals surface area contributed by atoms with Crippen LogP contribution in [0.15, 0.2) is 24.5 Å². The van der Waals surface area contributed by atoms with E-state index in [-0.39, 0.29) is 17.4 Å². The van der Waals surface area contributed by atoms with Crippen molar-refractivity contribution in [2.24, 2.45) is 0 Å². The van der Waals surface area contributed by atoms with Crippen LogP contribution in [-0.4, -0.2) is 26.5 Å². The van der Waals surface area contributed by atoms with E-state index >= 15 is 0 Å². The van der Waals surface area contributed by atoms with Crippen molar-refractivity contribution in [2.45, 2.75) is 20.4 Å². The molecule has 0 spiro atoms. The first-order chi connectivity index (χ1) is 10.1. The molecule has 0 saturated carbocycles. The van der Waals surface area contributed by atoms with E-state index in [1.807, 2.05) is 12.1 Å². The lowest BCUT2D eigenvalue weighted by Crippen LogP contribution is -2.09. The molecule has 0 aliphatic carbocycles. The highest BCUT2D eigenvalue weighted by molar-refractivity contribution is 5.61. The Morgan fingerprint density at radius 2 is 2.05 bits per heavy atom. The smallest absolute Gasteiger partial charge is 0.372 e. The zero-order valence-electron chi connectivity index (χ0n) is 11.7. The van der Waals surface area contributed by atoms with Crippen LogP contribution in [0.4, 0.5) is 11.5 Å². The summed E-state index contributed by atoms with van der Waals surface area (Å²) in [5.41, 5.74) is 0.685. The Morgan fingerprint density at radius 3 is 2.67 bits per heavy atom. The molecule has 0 atom stereocenters. The Labute approximate surface area is 121 Å². The van der Waals surface area contributed by atoms with Crippen LogP contribution in [0.5, 0.6) is 5.88 Å². The van der Waals surface area contributed by atoms with Crippen molar-refractivity contribution >= 4 is 11.5 Å². The van der Waals surface area contributed by atoms with Crippen molar-refractivity contribution < 1.29 is 9.66 Å². The molecule has 8 nitrogen and oxygen atoms in total. The molecule has 0 fully saturated rings. The molecule has 0 bridgehead atoms. The maximum Gasteiger partial charge on any atom is 0.372 e. The Morgan fingerprint density at radius 1 is 1.33 bits per heavy atom. The summed E-state index contributed by atoms with van der Waals surface area (Å²) in [6, 6.07) is 3.63. The molecule has 0 unspecified atom stereocenters. The third-order valence-electron chi connectivity index (χ3n) is 2.64. The number of nitro groups is 1. The lowest BCUT2D eigenvalue weighted by Gasteiger charge is -2.10. The molecule has 0 aliphatic heterocycles. The maximum atomic E-state index is 11.2. The monoisotopic (exact) mass is 289 g/mol. The van der Waals surface area contributed by atoms with Crippen LogP contribution in [0.2, 0.25) is 0 Å². The number of anilines is 1. The number of pyridine rings is 1. The van der Waals surface area contributed by atoms with Gasteiger partial charge in [-0.3, -0.25) is 15.1 Å². The van der Waals surface area contributed by atoms with E-state index in [1.54, 1.807) is 26.2 Å². The third-order valence-corrected chi connectivity index (χ3v) is 2.64. The average molecular weight is 289 g/mol. The fourth-order valence-corrected chi connectivity index (χ4v) is 1.75. The van der Waals surface area contributed by atoms with E-state index in [4.69, 9.17) is 4.74 Å². The van der Waals surface area contributed by atoms with Gasteiger partial charge in [-0.15, -0.1) is 0 Å². The van der Waals surface area contributed by atoms with Crippen LogP contribution in [0.3, 0.4) is 0 Å². The zero-order valence-corrected chi connectivity index (χ0v) is 11.7. The second-order valence-electron chi connectivity index (χ2n) is 4.17. The predicted octanol–water partition coefficient (Wildman–Crippen LogP) is 2.10. The summed E-state index contributed by atoms with van der Waals surface area (Å²) in [5, 5.41) is 14.2. The van der Waals surface area contributed by atoms with Crippen molar-refractivity contribution in [3.8, 4) is 5.88 Å². The van der Waals surface area contributed by atoms with Crippen LogP contribution >= 0.6 is 0 Å². The Hall–Kier alpha value is -2.77. The highest BCUT2D eigenvalue weighted by Gasteiger charge is 2.25. The van der Waals surface area contributed by atoms with Gasteiger partial charge < -0.3 is 10.1 Å². The highest BCUT2D eigenvalue weighted by Crippen LogP contribution is 2.31. The minimum Gasteiger partial charge on any atom is -0.473 e. The summed E-state index contributed by atoms with van der Waals surface area (Å²) in [7, 11) is 0. The van der Waals surface area contributed by atoms with Crippen LogP contribution < -0.4 is 10.1 Å². The van der Waals surface area contributed by atoms with Gasteiger partial charge in [-0.1, -0.05) is 0 Å². The minimum absolute atomic E-state index is 0.0211. The van der Waals surface area contributed by atoms with E-state index in [9.17, 15) is 10.1 Å². The van der Waals surface area contributed by atoms with Gasteiger partial charge in [-0.25, -0.2) is 4.98 Å². The lowest BCUT2D eigenvalue weighted by atomic mass is 10.2. The number of hydrogen-bond acceptors (Lipinski definition) is 7. The zero-order chi connectivity index (χ0) is 15.2. The largest absolute Gasteiger partial charge is 0.473 e. The van der Waals surface area contributed by atoms with Crippen molar-refractivity contribution in [3.63, 3.8) is 0 Å². The van der Waals surface area contributed by atoms with Crippen molar-refractivity contribution in [3.05, 3.63) is 46.0 Å². The van der Waals surface area contributed by atoms with Gasteiger partial charge in [0.15, 0.2) is 0 Å².